The van der Waals surface area contributed by atoms with E-state index in [4.69, 9.17) is 23.2 Å². The SMILES string of the molecule is Cc1ccc(C(c2ccccc2)N2CCN(C(=O)c3ccc(Cl)c(Cl)c3)CC2)cc1. The predicted octanol–water partition coefficient (Wildman–Crippen LogP) is 5.85. The van der Waals surface area contributed by atoms with Gasteiger partial charge in [-0.25, -0.2) is 0 Å². The van der Waals surface area contributed by atoms with Crippen molar-refractivity contribution in [3.05, 3.63) is 105 Å². The van der Waals surface area contributed by atoms with Gasteiger partial charge in [0.1, 0.15) is 0 Å². The summed E-state index contributed by atoms with van der Waals surface area (Å²) in [6, 6.07) is 24.6. The molecule has 0 aliphatic carbocycles. The molecule has 3 aromatic carbocycles. The molecule has 0 N–H and O–H groups in total. The Balaban J connectivity index is 1.52. The molecule has 5 heteroatoms. The fourth-order valence-corrected chi connectivity index (χ4v) is 4.29. The van der Waals surface area contributed by atoms with Crippen molar-refractivity contribution in [1.29, 1.82) is 0 Å². The first-order valence-electron chi connectivity index (χ1n) is 10.1. The molecule has 1 saturated heterocycles. The van der Waals surface area contributed by atoms with Crippen LogP contribution in [0.5, 0.6) is 0 Å². The van der Waals surface area contributed by atoms with Gasteiger partial charge < -0.3 is 4.90 Å². The summed E-state index contributed by atoms with van der Waals surface area (Å²) in [5.41, 5.74) is 4.38. The highest BCUT2D eigenvalue weighted by Crippen LogP contribution is 2.30. The van der Waals surface area contributed by atoms with Crippen molar-refractivity contribution in [3.8, 4) is 0 Å². The molecule has 0 saturated carbocycles. The minimum absolute atomic E-state index is 0.000173. The zero-order valence-corrected chi connectivity index (χ0v) is 18.4. The standard InChI is InChI=1S/C25H24Cl2N2O/c1-18-7-9-20(10-8-18)24(19-5-3-2-4-6-19)28-13-15-29(16-14-28)25(30)21-11-12-22(26)23(27)17-21/h2-12,17,24H,13-16H2,1H3. The van der Waals surface area contributed by atoms with E-state index >= 15 is 0 Å². The third-order valence-corrected chi connectivity index (χ3v) is 6.38. The molecule has 1 atom stereocenters. The number of rotatable bonds is 4. The lowest BCUT2D eigenvalue weighted by Gasteiger charge is -2.40. The summed E-state index contributed by atoms with van der Waals surface area (Å²) in [5, 5.41) is 0.867. The summed E-state index contributed by atoms with van der Waals surface area (Å²) < 4.78 is 0. The molecule has 4 rings (SSSR count). The van der Waals surface area contributed by atoms with E-state index < -0.39 is 0 Å². The number of hydrogen-bond acceptors (Lipinski definition) is 2. The quantitative estimate of drug-likeness (QED) is 0.509. The molecular formula is C25H24Cl2N2O. The van der Waals surface area contributed by atoms with Crippen molar-refractivity contribution in [1.82, 2.24) is 9.80 Å². The summed E-state index contributed by atoms with van der Waals surface area (Å²) in [6.45, 7) is 5.07. The summed E-state index contributed by atoms with van der Waals surface area (Å²) in [7, 11) is 0. The van der Waals surface area contributed by atoms with Crippen LogP contribution in [0.4, 0.5) is 0 Å². The van der Waals surface area contributed by atoms with Crippen LogP contribution < -0.4 is 0 Å². The van der Waals surface area contributed by atoms with Gasteiger partial charge in [-0.1, -0.05) is 83.4 Å². The number of halogens is 2. The second-order valence-electron chi connectivity index (χ2n) is 7.68. The number of amides is 1. The zero-order chi connectivity index (χ0) is 21.1. The lowest BCUT2D eigenvalue weighted by atomic mass is 9.95. The summed E-state index contributed by atoms with van der Waals surface area (Å²) in [5.74, 6) is -0.000173. The fraction of sp³-hybridized carbons (Fsp3) is 0.240. The van der Waals surface area contributed by atoms with Crippen LogP contribution in [0.25, 0.3) is 0 Å². The summed E-state index contributed by atoms with van der Waals surface area (Å²) >= 11 is 12.1. The summed E-state index contributed by atoms with van der Waals surface area (Å²) in [4.78, 5) is 17.3. The van der Waals surface area contributed by atoms with E-state index in [1.165, 1.54) is 16.7 Å². The van der Waals surface area contributed by atoms with Gasteiger partial charge in [0.15, 0.2) is 0 Å². The van der Waals surface area contributed by atoms with E-state index in [2.05, 4.69) is 60.4 Å². The maximum Gasteiger partial charge on any atom is 0.253 e. The molecule has 30 heavy (non-hydrogen) atoms. The Kier molecular flexibility index (Phi) is 6.43. The highest BCUT2D eigenvalue weighted by atomic mass is 35.5. The van der Waals surface area contributed by atoms with Crippen LogP contribution in [-0.2, 0) is 0 Å². The largest absolute Gasteiger partial charge is 0.336 e. The predicted molar refractivity (Wildman–Crippen MR) is 123 cm³/mol. The molecule has 1 aliphatic rings. The maximum atomic E-state index is 12.9. The number of hydrogen-bond donors (Lipinski definition) is 0. The van der Waals surface area contributed by atoms with Crippen LogP contribution in [-0.4, -0.2) is 41.9 Å². The molecule has 0 bridgehead atoms. The number of nitrogens with zero attached hydrogens (tertiary/aromatic N) is 2. The van der Waals surface area contributed by atoms with Gasteiger partial charge in [-0.05, 0) is 36.2 Å². The van der Waals surface area contributed by atoms with Crippen LogP contribution in [0.15, 0.2) is 72.8 Å². The van der Waals surface area contributed by atoms with Crippen molar-refractivity contribution in [3.63, 3.8) is 0 Å². The van der Waals surface area contributed by atoms with E-state index in [9.17, 15) is 4.79 Å². The van der Waals surface area contributed by atoms with Gasteiger partial charge in [0.2, 0.25) is 0 Å². The smallest absolute Gasteiger partial charge is 0.253 e. The minimum Gasteiger partial charge on any atom is -0.336 e. The van der Waals surface area contributed by atoms with Crippen molar-refractivity contribution >= 4 is 29.1 Å². The van der Waals surface area contributed by atoms with Gasteiger partial charge in [0, 0.05) is 31.7 Å². The van der Waals surface area contributed by atoms with Crippen molar-refractivity contribution in [2.75, 3.05) is 26.2 Å². The molecule has 1 unspecified atom stereocenters. The monoisotopic (exact) mass is 438 g/mol. The molecule has 0 spiro atoms. The number of aryl methyl sites for hydroxylation is 1. The van der Waals surface area contributed by atoms with Crippen LogP contribution in [0.3, 0.4) is 0 Å². The van der Waals surface area contributed by atoms with Gasteiger partial charge >= 0.3 is 0 Å². The van der Waals surface area contributed by atoms with E-state index in [0.717, 1.165) is 13.1 Å². The molecule has 1 heterocycles. The van der Waals surface area contributed by atoms with Crippen LogP contribution in [0.1, 0.15) is 33.1 Å². The first-order chi connectivity index (χ1) is 14.5. The Bertz CT molecular complexity index is 1010. The average molecular weight is 439 g/mol. The van der Waals surface area contributed by atoms with Crippen LogP contribution in [0.2, 0.25) is 10.0 Å². The molecule has 0 radical (unpaired) electrons. The average Bonchev–Trinajstić information content (AvgIpc) is 2.78. The third-order valence-electron chi connectivity index (χ3n) is 5.64. The highest BCUT2D eigenvalue weighted by molar-refractivity contribution is 6.42. The number of carbonyl (C=O) groups excluding carboxylic acids is 1. The second kappa shape index (κ2) is 9.22. The molecule has 1 fully saturated rings. The van der Waals surface area contributed by atoms with Crippen LogP contribution in [0, 0.1) is 6.92 Å². The molecular weight excluding hydrogens is 415 g/mol. The zero-order valence-electron chi connectivity index (χ0n) is 16.9. The Morgan fingerprint density at radius 3 is 2.07 bits per heavy atom. The van der Waals surface area contributed by atoms with Crippen molar-refractivity contribution in [2.24, 2.45) is 0 Å². The first-order valence-corrected chi connectivity index (χ1v) is 10.9. The number of carbonyl (C=O) groups is 1. The molecule has 154 valence electrons. The molecule has 1 amide bonds. The van der Waals surface area contributed by atoms with Gasteiger partial charge in [-0.3, -0.25) is 9.69 Å². The Morgan fingerprint density at radius 1 is 0.800 bits per heavy atom. The van der Waals surface area contributed by atoms with Crippen LogP contribution >= 0.6 is 23.2 Å². The highest BCUT2D eigenvalue weighted by Gasteiger charge is 2.28. The lowest BCUT2D eigenvalue weighted by Crippen LogP contribution is -2.49. The first kappa shape index (κ1) is 20.9. The van der Waals surface area contributed by atoms with Gasteiger partial charge in [0.25, 0.3) is 5.91 Å². The molecule has 3 nitrogen and oxygen atoms in total. The molecule has 3 aromatic rings. The second-order valence-corrected chi connectivity index (χ2v) is 8.50. The van der Waals surface area contributed by atoms with E-state index in [1.54, 1.807) is 18.2 Å². The summed E-state index contributed by atoms with van der Waals surface area (Å²) in [6.07, 6.45) is 0. The minimum atomic E-state index is -0.000173. The Labute approximate surface area is 187 Å². The lowest BCUT2D eigenvalue weighted by molar-refractivity contribution is 0.0597. The fourth-order valence-electron chi connectivity index (χ4n) is 3.99. The van der Waals surface area contributed by atoms with Gasteiger partial charge in [-0.15, -0.1) is 0 Å². The van der Waals surface area contributed by atoms with E-state index in [1.807, 2.05) is 11.0 Å². The topological polar surface area (TPSA) is 23.6 Å². The maximum absolute atomic E-state index is 12.9. The molecule has 1 aliphatic heterocycles. The van der Waals surface area contributed by atoms with Gasteiger partial charge in [0.05, 0.1) is 16.1 Å². The number of piperazine rings is 1. The van der Waals surface area contributed by atoms with Gasteiger partial charge in [-0.2, -0.15) is 0 Å². The third kappa shape index (κ3) is 4.54. The normalized spacial score (nSPS) is 15.8. The van der Waals surface area contributed by atoms with Crippen molar-refractivity contribution < 1.29 is 4.79 Å². The molecule has 0 aromatic heterocycles. The Morgan fingerprint density at radius 2 is 1.43 bits per heavy atom. The van der Waals surface area contributed by atoms with Crippen molar-refractivity contribution in [2.45, 2.75) is 13.0 Å². The Hall–Kier alpha value is -2.33. The van der Waals surface area contributed by atoms with E-state index in [-0.39, 0.29) is 11.9 Å². The number of benzene rings is 3. The van der Waals surface area contributed by atoms with E-state index in [0.29, 0.717) is 28.7 Å².